The van der Waals surface area contributed by atoms with Gasteiger partial charge in [-0.2, -0.15) is 0 Å². The molecule has 0 aromatic heterocycles. The molecule has 7 rings (SSSR count). The number of alkyl carbamates (subject to hydrolysis) is 1. The Labute approximate surface area is 220 Å². The molecule has 6 fully saturated rings. The normalized spacial score (nSPS) is 37.2. The zero-order valence-corrected chi connectivity index (χ0v) is 22.4. The van der Waals surface area contributed by atoms with E-state index in [1.165, 1.54) is 18.1 Å². The molecule has 0 unspecified atom stereocenters. The van der Waals surface area contributed by atoms with E-state index >= 15 is 0 Å². The summed E-state index contributed by atoms with van der Waals surface area (Å²) in [5, 5.41) is 3.07. The Morgan fingerprint density at radius 2 is 2.00 bits per heavy atom. The fourth-order valence-electron chi connectivity index (χ4n) is 7.77. The monoisotopic (exact) mass is 506 g/mol. The summed E-state index contributed by atoms with van der Waals surface area (Å²) in [6.07, 6.45) is 4.73. The number of rotatable bonds is 7. The Hall–Kier alpha value is -2.32. The van der Waals surface area contributed by atoms with Gasteiger partial charge in [-0.05, 0) is 80.3 Å². The third kappa shape index (κ3) is 4.20. The van der Waals surface area contributed by atoms with Crippen molar-refractivity contribution in [1.29, 1.82) is 0 Å². The Morgan fingerprint density at radius 3 is 2.70 bits per heavy atom. The second-order valence-corrected chi connectivity index (χ2v) is 12.8. The van der Waals surface area contributed by atoms with Crippen LogP contribution >= 0.6 is 0 Å². The summed E-state index contributed by atoms with van der Waals surface area (Å²) in [6.45, 7) is 13.5. The highest BCUT2D eigenvalue weighted by molar-refractivity contribution is 6.47. The topological polar surface area (TPSA) is 77.1 Å². The molecule has 0 radical (unpaired) electrons. The van der Waals surface area contributed by atoms with Crippen LogP contribution in [0.5, 0.6) is 0 Å². The Balaban J connectivity index is 1.15. The van der Waals surface area contributed by atoms with Crippen LogP contribution in [0.4, 0.5) is 4.79 Å². The average molecular weight is 506 g/mol. The molecule has 4 aliphatic carbocycles. The molecule has 37 heavy (non-hydrogen) atoms. The van der Waals surface area contributed by atoms with Crippen molar-refractivity contribution < 1.29 is 23.6 Å². The van der Waals surface area contributed by atoms with Crippen LogP contribution < -0.4 is 5.32 Å². The summed E-state index contributed by atoms with van der Waals surface area (Å²) < 4.78 is 18.9. The number of piperidine rings is 1. The van der Waals surface area contributed by atoms with Gasteiger partial charge < -0.3 is 24.3 Å². The summed E-state index contributed by atoms with van der Waals surface area (Å²) in [7, 11) is -0.544. The van der Waals surface area contributed by atoms with E-state index in [1.54, 1.807) is 4.90 Å². The number of aryl methyl sites for hydroxylation is 1. The van der Waals surface area contributed by atoms with E-state index in [0.29, 0.717) is 30.1 Å². The highest BCUT2D eigenvalue weighted by Gasteiger charge is 2.68. The molecule has 8 atom stereocenters. The number of carbonyl (C=O) groups is 2. The number of hydrogen-bond acceptors (Lipinski definition) is 5. The van der Waals surface area contributed by atoms with Gasteiger partial charge in [0.15, 0.2) is 0 Å². The molecule has 0 spiro atoms. The SMILES string of the molecule is C=CC(=O)N1C[C@@H]2C[C@@H]2[C@@H]1COC(=O)N[C@@H](Cc1ccc(C)cc1)B1O[C@@H]2C[C@@H]3C[C@@H](C3(C)C)[C@]2(C)O1. The minimum atomic E-state index is -0.544. The number of fused-ring (bicyclic) bond motifs is 1. The van der Waals surface area contributed by atoms with Crippen LogP contribution in [0.2, 0.25) is 0 Å². The van der Waals surface area contributed by atoms with E-state index in [-0.39, 0.29) is 41.6 Å². The lowest BCUT2D eigenvalue weighted by molar-refractivity contribution is -0.199. The van der Waals surface area contributed by atoms with Gasteiger partial charge in [0.1, 0.15) is 6.61 Å². The molecule has 2 heterocycles. The maximum Gasteiger partial charge on any atom is 0.482 e. The summed E-state index contributed by atoms with van der Waals surface area (Å²) in [5.41, 5.74) is 2.19. The van der Waals surface area contributed by atoms with Crippen LogP contribution in [-0.4, -0.2) is 60.9 Å². The first-order valence-corrected chi connectivity index (χ1v) is 13.8. The smallest absolute Gasteiger partial charge is 0.447 e. The first-order valence-electron chi connectivity index (χ1n) is 13.8. The molecule has 2 amide bonds. The second kappa shape index (κ2) is 8.87. The third-order valence-electron chi connectivity index (χ3n) is 10.3. The van der Waals surface area contributed by atoms with Gasteiger partial charge in [0.25, 0.3) is 0 Å². The van der Waals surface area contributed by atoms with Crippen molar-refractivity contribution in [3.05, 3.63) is 48.0 Å². The van der Waals surface area contributed by atoms with Crippen LogP contribution in [0.3, 0.4) is 0 Å². The second-order valence-electron chi connectivity index (χ2n) is 12.8. The minimum Gasteiger partial charge on any atom is -0.447 e. The number of amides is 2. The lowest BCUT2D eigenvalue weighted by atomic mass is 9.43. The summed E-state index contributed by atoms with van der Waals surface area (Å²) in [6, 6.07) is 8.26. The fraction of sp³-hybridized carbons (Fsp3) is 0.655. The van der Waals surface area contributed by atoms with E-state index in [1.807, 2.05) is 0 Å². The molecular weight excluding hydrogens is 467 g/mol. The fourth-order valence-corrected chi connectivity index (χ4v) is 7.77. The highest BCUT2D eigenvalue weighted by Crippen LogP contribution is 2.65. The number of benzene rings is 1. The maximum absolute atomic E-state index is 13.1. The van der Waals surface area contributed by atoms with Crippen LogP contribution in [0, 0.1) is 36.0 Å². The molecule has 6 aliphatic rings. The molecular formula is C29H39BN2O5. The zero-order chi connectivity index (χ0) is 26.1. The quantitative estimate of drug-likeness (QED) is 0.448. The van der Waals surface area contributed by atoms with Gasteiger partial charge in [-0.25, -0.2) is 4.79 Å². The van der Waals surface area contributed by atoms with Crippen LogP contribution in [0.15, 0.2) is 36.9 Å². The largest absolute Gasteiger partial charge is 0.482 e. The van der Waals surface area contributed by atoms with Gasteiger partial charge in [-0.1, -0.05) is 50.3 Å². The van der Waals surface area contributed by atoms with Crippen LogP contribution in [0.25, 0.3) is 0 Å². The molecule has 1 aromatic rings. The molecule has 1 aromatic carbocycles. The van der Waals surface area contributed by atoms with Gasteiger partial charge in [-0.15, -0.1) is 0 Å². The highest BCUT2D eigenvalue weighted by atomic mass is 16.7. The van der Waals surface area contributed by atoms with Gasteiger partial charge in [0, 0.05) is 6.54 Å². The molecule has 1 N–H and O–H groups in total. The predicted molar refractivity (Wildman–Crippen MR) is 141 cm³/mol. The molecule has 7 nitrogen and oxygen atoms in total. The van der Waals surface area contributed by atoms with Crippen molar-refractivity contribution in [2.45, 2.75) is 77.1 Å². The first-order chi connectivity index (χ1) is 17.6. The number of carbonyl (C=O) groups excluding carboxylic acids is 2. The molecule has 4 saturated carbocycles. The number of nitrogens with zero attached hydrogens (tertiary/aromatic N) is 1. The van der Waals surface area contributed by atoms with Crippen molar-refractivity contribution >= 4 is 19.1 Å². The standard InChI is InChI=1S/C29H39BN2O5/c1-6-26(33)32-15-19-12-21(19)22(32)16-35-27(34)31-25(11-18-9-7-17(2)8-10-18)30-36-24-14-20-13-23(28(20,3)4)29(24,5)37-30/h6-10,19-25H,1,11-16H2,2-5H3,(H,31,34)/t19-,20-,21-,22-,23-,24+,25-,29-/m0/s1. The first kappa shape index (κ1) is 25.0. The van der Waals surface area contributed by atoms with Gasteiger partial charge in [-0.3, -0.25) is 4.79 Å². The van der Waals surface area contributed by atoms with Crippen LogP contribution in [-0.2, 0) is 25.3 Å². The molecule has 2 aliphatic heterocycles. The summed E-state index contributed by atoms with van der Waals surface area (Å²) in [5.74, 6) is 1.56. The van der Waals surface area contributed by atoms with E-state index in [9.17, 15) is 9.59 Å². The van der Waals surface area contributed by atoms with E-state index in [2.05, 4.69) is 63.9 Å². The summed E-state index contributed by atoms with van der Waals surface area (Å²) >= 11 is 0. The Morgan fingerprint density at radius 1 is 1.24 bits per heavy atom. The molecule has 8 heteroatoms. The lowest BCUT2D eigenvalue weighted by Crippen LogP contribution is -2.65. The Kier molecular flexibility index (Phi) is 5.99. The van der Waals surface area contributed by atoms with E-state index in [0.717, 1.165) is 24.9 Å². The maximum atomic E-state index is 13.1. The van der Waals surface area contributed by atoms with Crippen molar-refractivity contribution in [2.24, 2.45) is 29.1 Å². The number of ether oxygens (including phenoxy) is 1. The minimum absolute atomic E-state index is 0.0383. The number of hydrogen-bond donors (Lipinski definition) is 1. The van der Waals surface area contributed by atoms with Crippen molar-refractivity contribution in [1.82, 2.24) is 10.2 Å². The van der Waals surface area contributed by atoms with Crippen molar-refractivity contribution in [2.75, 3.05) is 13.2 Å². The van der Waals surface area contributed by atoms with Gasteiger partial charge in [0.05, 0.1) is 23.7 Å². The van der Waals surface area contributed by atoms with E-state index < -0.39 is 13.2 Å². The molecule has 2 saturated heterocycles. The van der Waals surface area contributed by atoms with Gasteiger partial charge >= 0.3 is 13.2 Å². The lowest BCUT2D eigenvalue weighted by Gasteiger charge is -2.64. The Bertz CT molecular complexity index is 1090. The molecule has 2 bridgehead atoms. The van der Waals surface area contributed by atoms with Gasteiger partial charge in [0.2, 0.25) is 5.91 Å². The van der Waals surface area contributed by atoms with Crippen molar-refractivity contribution in [3.8, 4) is 0 Å². The average Bonchev–Trinajstić information content (AvgIpc) is 3.39. The summed E-state index contributed by atoms with van der Waals surface area (Å²) in [4.78, 5) is 27.1. The van der Waals surface area contributed by atoms with Crippen molar-refractivity contribution in [3.63, 3.8) is 0 Å². The molecule has 198 valence electrons. The third-order valence-corrected chi connectivity index (χ3v) is 10.3. The zero-order valence-electron chi connectivity index (χ0n) is 22.4. The number of nitrogens with one attached hydrogen (secondary N) is 1. The van der Waals surface area contributed by atoms with Crippen LogP contribution in [0.1, 0.15) is 51.2 Å². The van der Waals surface area contributed by atoms with E-state index in [4.69, 9.17) is 14.0 Å². The predicted octanol–water partition coefficient (Wildman–Crippen LogP) is 3.93. The number of likely N-dealkylation sites (tertiary alicyclic amines) is 1.